The molecule has 1 saturated heterocycles. The summed E-state index contributed by atoms with van der Waals surface area (Å²) >= 11 is 0. The Morgan fingerprint density at radius 1 is 1.30 bits per heavy atom. The van der Waals surface area contributed by atoms with Gasteiger partial charge in [0.05, 0.1) is 12.7 Å². The van der Waals surface area contributed by atoms with Gasteiger partial charge in [-0.15, -0.1) is 0 Å². The summed E-state index contributed by atoms with van der Waals surface area (Å²) < 4.78 is 4.80. The summed E-state index contributed by atoms with van der Waals surface area (Å²) in [7, 11) is 0. The van der Waals surface area contributed by atoms with Gasteiger partial charge in [0.1, 0.15) is 6.10 Å². The van der Waals surface area contributed by atoms with Gasteiger partial charge in [-0.1, -0.05) is 0 Å². The van der Waals surface area contributed by atoms with E-state index in [4.69, 9.17) is 20.1 Å². The Bertz CT molecular complexity index is 106. The molecular weight excluding hydrogens is 136 g/mol. The molecule has 0 radical (unpaired) electrons. The number of rotatable bonds is 1. The summed E-state index contributed by atoms with van der Waals surface area (Å²) in [5.41, 5.74) is 0. The fourth-order valence-corrected chi connectivity index (χ4v) is 1.02. The fraction of sp³-hybridized carbons (Fsp3) is 1.00. The van der Waals surface area contributed by atoms with Crippen LogP contribution in [-0.2, 0) is 4.74 Å². The van der Waals surface area contributed by atoms with Gasteiger partial charge < -0.3 is 20.1 Å². The highest BCUT2D eigenvalue weighted by molar-refractivity contribution is 4.73. The molecule has 3 atom stereocenters. The van der Waals surface area contributed by atoms with Crippen molar-refractivity contribution in [3.8, 4) is 0 Å². The highest BCUT2D eigenvalue weighted by atomic mass is 16.6. The van der Waals surface area contributed by atoms with Crippen molar-refractivity contribution in [2.24, 2.45) is 0 Å². The molecule has 0 aromatic heterocycles. The first-order valence-corrected chi connectivity index (χ1v) is 3.36. The first-order valence-electron chi connectivity index (χ1n) is 3.36. The van der Waals surface area contributed by atoms with E-state index in [-0.39, 0.29) is 6.61 Å². The topological polar surface area (TPSA) is 69.9 Å². The maximum Gasteiger partial charge on any atom is 0.155 e. The fourth-order valence-electron chi connectivity index (χ4n) is 1.02. The van der Waals surface area contributed by atoms with Crippen molar-refractivity contribution in [3.05, 3.63) is 0 Å². The molecule has 0 bridgehead atoms. The number of aliphatic hydroxyl groups is 3. The minimum atomic E-state index is -0.819. The van der Waals surface area contributed by atoms with E-state index < -0.39 is 18.5 Å². The zero-order chi connectivity index (χ0) is 7.56. The molecule has 4 heteroatoms. The normalized spacial score (nSPS) is 41.7. The van der Waals surface area contributed by atoms with Gasteiger partial charge in [-0.25, -0.2) is 0 Å². The molecule has 1 rings (SSSR count). The van der Waals surface area contributed by atoms with Crippen LogP contribution in [0.4, 0.5) is 0 Å². The molecule has 0 saturated carbocycles. The van der Waals surface area contributed by atoms with Crippen molar-refractivity contribution in [2.75, 3.05) is 6.61 Å². The molecule has 0 unspecified atom stereocenters. The van der Waals surface area contributed by atoms with E-state index >= 15 is 0 Å². The van der Waals surface area contributed by atoms with Crippen LogP contribution in [0.1, 0.15) is 12.8 Å². The molecular formula is C6H12O4. The van der Waals surface area contributed by atoms with Crippen molar-refractivity contribution in [3.63, 3.8) is 0 Å². The zero-order valence-electron chi connectivity index (χ0n) is 5.60. The SMILES string of the molecule is OC[C@H]1O[C@H](O)CC[C@H]1O. The van der Waals surface area contributed by atoms with E-state index in [2.05, 4.69) is 0 Å². The maximum absolute atomic E-state index is 9.09. The summed E-state index contributed by atoms with van der Waals surface area (Å²) in [4.78, 5) is 0. The number of hydrogen-bond acceptors (Lipinski definition) is 4. The molecule has 0 amide bonds. The van der Waals surface area contributed by atoms with Gasteiger partial charge in [0.25, 0.3) is 0 Å². The molecule has 1 fully saturated rings. The van der Waals surface area contributed by atoms with Crippen LogP contribution in [0.5, 0.6) is 0 Å². The molecule has 60 valence electrons. The molecule has 0 spiro atoms. The zero-order valence-corrected chi connectivity index (χ0v) is 5.60. The van der Waals surface area contributed by atoms with Crippen molar-refractivity contribution in [2.45, 2.75) is 31.3 Å². The minimum Gasteiger partial charge on any atom is -0.394 e. The molecule has 1 aliphatic heterocycles. The third kappa shape index (κ3) is 1.67. The van der Waals surface area contributed by atoms with Crippen LogP contribution in [0.3, 0.4) is 0 Å². The third-order valence-corrected chi connectivity index (χ3v) is 1.65. The molecule has 0 aromatic carbocycles. The van der Waals surface area contributed by atoms with Crippen LogP contribution >= 0.6 is 0 Å². The van der Waals surface area contributed by atoms with Gasteiger partial charge in [-0.2, -0.15) is 0 Å². The monoisotopic (exact) mass is 148 g/mol. The van der Waals surface area contributed by atoms with Gasteiger partial charge in [-0.05, 0) is 6.42 Å². The Kier molecular flexibility index (Phi) is 2.62. The van der Waals surface area contributed by atoms with Crippen molar-refractivity contribution < 1.29 is 20.1 Å². The van der Waals surface area contributed by atoms with Crippen LogP contribution in [0.15, 0.2) is 0 Å². The smallest absolute Gasteiger partial charge is 0.155 e. The van der Waals surface area contributed by atoms with Crippen LogP contribution in [-0.4, -0.2) is 40.4 Å². The number of hydrogen-bond donors (Lipinski definition) is 3. The van der Waals surface area contributed by atoms with E-state index in [1.54, 1.807) is 0 Å². The van der Waals surface area contributed by atoms with E-state index in [0.29, 0.717) is 12.8 Å². The van der Waals surface area contributed by atoms with E-state index in [1.807, 2.05) is 0 Å². The third-order valence-electron chi connectivity index (χ3n) is 1.65. The molecule has 3 N–H and O–H groups in total. The average Bonchev–Trinajstić information content (AvgIpc) is 1.94. The summed E-state index contributed by atoms with van der Waals surface area (Å²) in [5.74, 6) is 0. The Morgan fingerprint density at radius 2 is 2.00 bits per heavy atom. The quantitative estimate of drug-likeness (QED) is 0.438. The second-order valence-corrected chi connectivity index (χ2v) is 2.46. The number of ether oxygens (including phenoxy) is 1. The largest absolute Gasteiger partial charge is 0.394 e. The predicted octanol–water partition coefficient (Wildman–Crippen LogP) is -1.16. The molecule has 1 aliphatic rings. The second-order valence-electron chi connectivity index (χ2n) is 2.46. The summed E-state index contributed by atoms with van der Waals surface area (Å²) in [6, 6.07) is 0. The van der Waals surface area contributed by atoms with Crippen LogP contribution < -0.4 is 0 Å². The van der Waals surface area contributed by atoms with Crippen molar-refractivity contribution in [1.82, 2.24) is 0 Å². The first-order chi connectivity index (χ1) is 4.74. The van der Waals surface area contributed by atoms with E-state index in [0.717, 1.165) is 0 Å². The van der Waals surface area contributed by atoms with Gasteiger partial charge in [-0.3, -0.25) is 0 Å². The van der Waals surface area contributed by atoms with Crippen LogP contribution in [0.2, 0.25) is 0 Å². The first kappa shape index (κ1) is 7.94. The van der Waals surface area contributed by atoms with Gasteiger partial charge in [0.2, 0.25) is 0 Å². The summed E-state index contributed by atoms with van der Waals surface area (Å²) in [5, 5.41) is 26.6. The highest BCUT2D eigenvalue weighted by Crippen LogP contribution is 2.17. The highest BCUT2D eigenvalue weighted by Gasteiger charge is 2.27. The Balaban J connectivity index is 2.38. The lowest BCUT2D eigenvalue weighted by Gasteiger charge is -2.29. The molecule has 10 heavy (non-hydrogen) atoms. The molecule has 0 aromatic rings. The lowest BCUT2D eigenvalue weighted by molar-refractivity contribution is -0.207. The lowest BCUT2D eigenvalue weighted by Crippen LogP contribution is -2.40. The van der Waals surface area contributed by atoms with Crippen molar-refractivity contribution >= 4 is 0 Å². The molecule has 4 nitrogen and oxygen atoms in total. The Labute approximate surface area is 59.1 Å². The molecule has 1 heterocycles. The minimum absolute atomic E-state index is 0.238. The maximum atomic E-state index is 9.09. The van der Waals surface area contributed by atoms with Gasteiger partial charge >= 0.3 is 0 Å². The summed E-state index contributed by atoms with van der Waals surface area (Å²) in [6.45, 7) is -0.238. The van der Waals surface area contributed by atoms with E-state index in [1.165, 1.54) is 0 Å². The van der Waals surface area contributed by atoms with E-state index in [9.17, 15) is 0 Å². The standard InChI is InChI=1S/C6H12O4/c7-3-5-4(8)1-2-6(9)10-5/h4-9H,1-3H2/t4-,5-,6+/m1/s1. The van der Waals surface area contributed by atoms with Crippen LogP contribution in [0.25, 0.3) is 0 Å². The number of aliphatic hydroxyl groups excluding tert-OH is 3. The van der Waals surface area contributed by atoms with Gasteiger partial charge in [0, 0.05) is 6.42 Å². The van der Waals surface area contributed by atoms with Crippen molar-refractivity contribution in [1.29, 1.82) is 0 Å². The van der Waals surface area contributed by atoms with Crippen LogP contribution in [0, 0.1) is 0 Å². The lowest BCUT2D eigenvalue weighted by atomic mass is 10.1. The Hall–Kier alpha value is -0.160. The summed E-state index contributed by atoms with van der Waals surface area (Å²) in [6.07, 6.45) is -1.12. The second kappa shape index (κ2) is 3.30. The average molecular weight is 148 g/mol. The molecule has 0 aliphatic carbocycles. The predicted molar refractivity (Wildman–Crippen MR) is 33.2 cm³/mol. The Morgan fingerprint density at radius 3 is 2.50 bits per heavy atom. The van der Waals surface area contributed by atoms with Gasteiger partial charge in [0.15, 0.2) is 6.29 Å².